The molecule has 1 aliphatic rings. The molecule has 0 bridgehead atoms. The van der Waals surface area contributed by atoms with Gasteiger partial charge >= 0.3 is 0 Å². The highest BCUT2D eigenvalue weighted by molar-refractivity contribution is 5.94. The van der Waals surface area contributed by atoms with E-state index in [-0.39, 0.29) is 5.91 Å². The third kappa shape index (κ3) is 4.84. The molecule has 3 N–H and O–H groups in total. The van der Waals surface area contributed by atoms with Gasteiger partial charge in [-0.05, 0) is 37.0 Å². The van der Waals surface area contributed by atoms with Gasteiger partial charge in [-0.1, -0.05) is 12.1 Å². The largest absolute Gasteiger partial charge is 0.356 e. The number of amides is 1. The van der Waals surface area contributed by atoms with Gasteiger partial charge in [0.05, 0.1) is 6.54 Å². The van der Waals surface area contributed by atoms with Crippen molar-refractivity contribution in [3.05, 3.63) is 47.0 Å². The van der Waals surface area contributed by atoms with E-state index in [0.717, 1.165) is 49.1 Å². The summed E-state index contributed by atoms with van der Waals surface area (Å²) in [6.07, 6.45) is 4.18. The average Bonchev–Trinajstić information content (AvgIpc) is 3.13. The molecule has 1 aromatic heterocycles. The van der Waals surface area contributed by atoms with Gasteiger partial charge in [-0.25, -0.2) is 0 Å². The molecule has 0 atom stereocenters. The first-order chi connectivity index (χ1) is 13.2. The third-order valence-corrected chi connectivity index (χ3v) is 4.70. The van der Waals surface area contributed by atoms with Gasteiger partial charge in [0, 0.05) is 39.2 Å². The van der Waals surface area contributed by atoms with E-state index in [2.05, 4.69) is 35.7 Å². The van der Waals surface area contributed by atoms with Crippen molar-refractivity contribution in [3.63, 3.8) is 0 Å². The monoisotopic (exact) mass is 369 g/mol. The van der Waals surface area contributed by atoms with Crippen molar-refractivity contribution in [2.75, 3.05) is 20.6 Å². The van der Waals surface area contributed by atoms with Gasteiger partial charge in [0.25, 0.3) is 5.91 Å². The van der Waals surface area contributed by atoms with Crippen molar-refractivity contribution >= 4 is 11.9 Å². The molecule has 8 nitrogen and oxygen atoms in total. The fourth-order valence-corrected chi connectivity index (χ4v) is 3.22. The topological polar surface area (TPSA) is 96.2 Å². The van der Waals surface area contributed by atoms with Crippen molar-refractivity contribution in [2.24, 2.45) is 4.99 Å². The number of rotatable bonds is 6. The second-order valence-corrected chi connectivity index (χ2v) is 6.52. The number of carbonyl (C=O) groups excluding carboxylic acids is 1. The first kappa shape index (κ1) is 18.9. The van der Waals surface area contributed by atoms with E-state index in [0.29, 0.717) is 12.1 Å². The third-order valence-electron chi connectivity index (χ3n) is 4.70. The molecule has 1 amide bonds. The van der Waals surface area contributed by atoms with Crippen molar-refractivity contribution in [1.29, 1.82) is 0 Å². The summed E-state index contributed by atoms with van der Waals surface area (Å²) >= 11 is 0. The van der Waals surface area contributed by atoms with Crippen LogP contribution in [-0.4, -0.2) is 47.3 Å². The summed E-state index contributed by atoms with van der Waals surface area (Å²) in [5.74, 6) is 2.69. The lowest BCUT2D eigenvalue weighted by Crippen LogP contribution is -2.38. The Hall–Kier alpha value is -2.90. The Morgan fingerprint density at radius 1 is 1.26 bits per heavy atom. The highest BCUT2D eigenvalue weighted by Gasteiger charge is 2.15. The molecule has 3 rings (SSSR count). The minimum atomic E-state index is -0.0704. The molecule has 0 unspecified atom stereocenters. The first-order valence-electron chi connectivity index (χ1n) is 9.37. The van der Waals surface area contributed by atoms with E-state index < -0.39 is 0 Å². The Morgan fingerprint density at radius 3 is 2.96 bits per heavy atom. The molecule has 1 aromatic carbocycles. The highest BCUT2D eigenvalue weighted by Crippen LogP contribution is 2.13. The molecular weight excluding hydrogens is 342 g/mol. The highest BCUT2D eigenvalue weighted by atomic mass is 16.1. The van der Waals surface area contributed by atoms with Gasteiger partial charge in [0.15, 0.2) is 11.8 Å². The maximum atomic E-state index is 11.7. The lowest BCUT2D eigenvalue weighted by Gasteiger charge is -2.16. The Morgan fingerprint density at radius 2 is 2.15 bits per heavy atom. The van der Waals surface area contributed by atoms with Crippen LogP contribution in [0.1, 0.15) is 40.4 Å². The Bertz CT molecular complexity index is 812. The number of hydrogen-bond acceptors (Lipinski definition) is 4. The zero-order chi connectivity index (χ0) is 19.1. The summed E-state index contributed by atoms with van der Waals surface area (Å²) in [7, 11) is 3.39. The molecule has 27 heavy (non-hydrogen) atoms. The summed E-state index contributed by atoms with van der Waals surface area (Å²) in [5.41, 5.74) is 1.78. The number of aliphatic imine (C=N–C) groups is 1. The molecule has 0 radical (unpaired) electrons. The van der Waals surface area contributed by atoms with Crippen LogP contribution in [-0.2, 0) is 25.9 Å². The van der Waals surface area contributed by atoms with Crippen LogP contribution < -0.4 is 16.0 Å². The van der Waals surface area contributed by atoms with Gasteiger partial charge in [0.1, 0.15) is 5.82 Å². The molecule has 1 aliphatic heterocycles. The van der Waals surface area contributed by atoms with Gasteiger partial charge in [-0.15, -0.1) is 10.2 Å². The van der Waals surface area contributed by atoms with Crippen molar-refractivity contribution < 1.29 is 4.79 Å². The normalized spacial score (nSPS) is 13.8. The maximum absolute atomic E-state index is 11.7. The van der Waals surface area contributed by atoms with Crippen LogP contribution in [0.3, 0.4) is 0 Å². The zero-order valence-electron chi connectivity index (χ0n) is 16.0. The predicted octanol–water partition coefficient (Wildman–Crippen LogP) is 0.882. The lowest BCUT2D eigenvalue weighted by molar-refractivity contribution is 0.0963. The number of hydrogen-bond donors (Lipinski definition) is 3. The molecule has 8 heteroatoms. The second kappa shape index (κ2) is 9.16. The van der Waals surface area contributed by atoms with Crippen LogP contribution in [0.5, 0.6) is 0 Å². The number of aryl methyl sites for hydroxylation is 1. The number of nitrogens with zero attached hydrogens (tertiary/aromatic N) is 4. The van der Waals surface area contributed by atoms with Gasteiger partial charge < -0.3 is 20.5 Å². The Kier molecular flexibility index (Phi) is 6.40. The quantitative estimate of drug-likeness (QED) is 0.519. The first-order valence-corrected chi connectivity index (χ1v) is 9.37. The van der Waals surface area contributed by atoms with Gasteiger partial charge in [-0.2, -0.15) is 0 Å². The Balaban J connectivity index is 1.48. The van der Waals surface area contributed by atoms with E-state index >= 15 is 0 Å². The van der Waals surface area contributed by atoms with E-state index in [1.165, 1.54) is 12.8 Å². The molecular formula is C19H27N7O. The van der Waals surface area contributed by atoms with Crippen LogP contribution in [0.15, 0.2) is 29.3 Å². The molecule has 0 spiro atoms. The van der Waals surface area contributed by atoms with Gasteiger partial charge in [0.2, 0.25) is 0 Å². The fraction of sp³-hybridized carbons (Fsp3) is 0.474. The molecule has 0 aliphatic carbocycles. The number of nitrogens with one attached hydrogen (secondary N) is 3. The van der Waals surface area contributed by atoms with Crippen LogP contribution in [0.25, 0.3) is 0 Å². The number of fused-ring (bicyclic) bond motifs is 1. The minimum Gasteiger partial charge on any atom is -0.356 e. The molecule has 0 saturated heterocycles. The number of carbonyl (C=O) groups is 1. The SMILES string of the molecule is CN=C(NCCc1cccc(C(=O)NC)c1)NCc1nnc2n1CCCC2. The van der Waals surface area contributed by atoms with Crippen LogP contribution in [0.2, 0.25) is 0 Å². The predicted molar refractivity (Wildman–Crippen MR) is 105 cm³/mol. The summed E-state index contributed by atoms with van der Waals surface area (Å²) in [6, 6.07) is 7.66. The Labute approximate surface area is 159 Å². The molecule has 0 fully saturated rings. The van der Waals surface area contributed by atoms with E-state index in [9.17, 15) is 4.79 Å². The standard InChI is InChI=1S/C19H27N7O/c1-20-18(27)15-7-5-6-14(12-15)9-10-22-19(21-2)23-13-17-25-24-16-8-3-4-11-26(16)17/h5-7,12H,3-4,8-11,13H2,1-2H3,(H,20,27)(H2,21,22,23). The zero-order valence-corrected chi connectivity index (χ0v) is 16.0. The van der Waals surface area contributed by atoms with Crippen LogP contribution >= 0.6 is 0 Å². The molecule has 2 aromatic rings. The summed E-state index contributed by atoms with van der Waals surface area (Å²) in [5, 5.41) is 17.8. The number of guanidine groups is 1. The summed E-state index contributed by atoms with van der Waals surface area (Å²) in [6.45, 7) is 2.31. The molecule has 2 heterocycles. The maximum Gasteiger partial charge on any atom is 0.251 e. The summed E-state index contributed by atoms with van der Waals surface area (Å²) < 4.78 is 2.20. The lowest BCUT2D eigenvalue weighted by atomic mass is 10.1. The van der Waals surface area contributed by atoms with E-state index in [1.807, 2.05) is 24.3 Å². The summed E-state index contributed by atoms with van der Waals surface area (Å²) in [4.78, 5) is 16.0. The second-order valence-electron chi connectivity index (χ2n) is 6.52. The van der Waals surface area contributed by atoms with E-state index in [4.69, 9.17) is 0 Å². The van der Waals surface area contributed by atoms with Crippen molar-refractivity contribution in [2.45, 2.75) is 38.8 Å². The molecule has 0 saturated carbocycles. The van der Waals surface area contributed by atoms with Crippen LogP contribution in [0, 0.1) is 0 Å². The van der Waals surface area contributed by atoms with Gasteiger partial charge in [-0.3, -0.25) is 9.79 Å². The average molecular weight is 369 g/mol. The number of aromatic nitrogens is 3. The molecule has 144 valence electrons. The fourth-order valence-electron chi connectivity index (χ4n) is 3.22. The minimum absolute atomic E-state index is 0.0704. The van der Waals surface area contributed by atoms with Crippen molar-refractivity contribution in [1.82, 2.24) is 30.7 Å². The number of benzene rings is 1. The van der Waals surface area contributed by atoms with Crippen LogP contribution in [0.4, 0.5) is 0 Å². The smallest absolute Gasteiger partial charge is 0.251 e. The van der Waals surface area contributed by atoms with Crippen molar-refractivity contribution in [3.8, 4) is 0 Å². The van der Waals surface area contributed by atoms with E-state index in [1.54, 1.807) is 14.1 Å².